The lowest BCUT2D eigenvalue weighted by Crippen LogP contribution is -2.27. The van der Waals surface area contributed by atoms with Crippen molar-refractivity contribution in [2.45, 2.75) is 31.7 Å². The maximum atomic E-state index is 6.57. The fraction of sp³-hybridized carbons (Fsp3) is 0.389. The van der Waals surface area contributed by atoms with Gasteiger partial charge in [0.25, 0.3) is 5.78 Å². The highest BCUT2D eigenvalue weighted by molar-refractivity contribution is 6.43. The van der Waals surface area contributed by atoms with E-state index in [2.05, 4.69) is 20.4 Å². The summed E-state index contributed by atoms with van der Waals surface area (Å²) in [7, 11) is 0. The fourth-order valence-electron chi connectivity index (χ4n) is 4.55. The van der Waals surface area contributed by atoms with Crippen LogP contribution in [0.15, 0.2) is 18.5 Å². The highest BCUT2D eigenvalue weighted by Gasteiger charge is 2.40. The molecule has 5 nitrogen and oxygen atoms in total. The molecule has 140 valence electrons. The Kier molecular flexibility index (Phi) is 4.39. The van der Waals surface area contributed by atoms with Crippen LogP contribution in [0.4, 0.5) is 5.82 Å². The van der Waals surface area contributed by atoms with Gasteiger partial charge in [-0.3, -0.25) is 0 Å². The summed E-state index contributed by atoms with van der Waals surface area (Å²) in [6.45, 7) is 0. The third kappa shape index (κ3) is 2.96. The monoisotopic (exact) mass is 441 g/mol. The highest BCUT2D eigenvalue weighted by atomic mass is 35.5. The van der Waals surface area contributed by atoms with Gasteiger partial charge < -0.3 is 5.32 Å². The topological polar surface area (TPSA) is 55.1 Å². The standard InChI is InChI=1S/C18H15Cl4N5/c19-10-5-11(20)14(12(21)6-10)15-16(22)26-18-23-7-24-27(18)17(15)25-13-4-8-1-2-9(13)3-8/h5-9,13,25H,1-4H2. The Labute approximate surface area is 176 Å². The van der Waals surface area contributed by atoms with Crippen molar-refractivity contribution in [3.05, 3.63) is 38.7 Å². The van der Waals surface area contributed by atoms with Gasteiger partial charge in [-0.2, -0.15) is 19.6 Å². The molecular weight excluding hydrogens is 428 g/mol. The van der Waals surface area contributed by atoms with E-state index < -0.39 is 0 Å². The molecule has 3 unspecified atom stereocenters. The van der Waals surface area contributed by atoms with Crippen molar-refractivity contribution >= 4 is 58.0 Å². The van der Waals surface area contributed by atoms with E-state index in [0.717, 1.165) is 12.3 Å². The molecule has 0 radical (unpaired) electrons. The van der Waals surface area contributed by atoms with Gasteiger partial charge in [-0.25, -0.2) is 0 Å². The average Bonchev–Trinajstić information content (AvgIpc) is 3.32. The number of aromatic nitrogens is 4. The lowest BCUT2D eigenvalue weighted by molar-refractivity contribution is 0.438. The summed E-state index contributed by atoms with van der Waals surface area (Å²) in [6, 6.07) is 3.65. The molecule has 0 amide bonds. The third-order valence-corrected chi connectivity index (χ3v) is 6.79. The van der Waals surface area contributed by atoms with Gasteiger partial charge in [0.2, 0.25) is 0 Å². The third-order valence-electron chi connectivity index (χ3n) is 5.70. The van der Waals surface area contributed by atoms with Crippen LogP contribution in [-0.4, -0.2) is 25.6 Å². The maximum Gasteiger partial charge on any atom is 0.255 e. The van der Waals surface area contributed by atoms with Crippen LogP contribution in [0.3, 0.4) is 0 Å². The van der Waals surface area contributed by atoms with E-state index >= 15 is 0 Å². The molecule has 1 aromatic carbocycles. The maximum absolute atomic E-state index is 6.57. The summed E-state index contributed by atoms with van der Waals surface area (Å²) in [5.41, 5.74) is 1.20. The van der Waals surface area contributed by atoms with Crippen LogP contribution >= 0.6 is 46.4 Å². The van der Waals surface area contributed by atoms with Crippen LogP contribution in [0.2, 0.25) is 20.2 Å². The number of nitrogens with one attached hydrogen (secondary N) is 1. The van der Waals surface area contributed by atoms with Crippen molar-refractivity contribution in [2.24, 2.45) is 11.8 Å². The number of anilines is 1. The molecule has 0 saturated heterocycles. The molecule has 2 aliphatic carbocycles. The molecule has 2 fully saturated rings. The van der Waals surface area contributed by atoms with Gasteiger partial charge in [-0.1, -0.05) is 52.8 Å². The summed E-state index contributed by atoms with van der Waals surface area (Å²) < 4.78 is 1.66. The number of halogens is 4. The lowest BCUT2D eigenvalue weighted by atomic mass is 9.95. The van der Waals surface area contributed by atoms with Crippen LogP contribution in [0.5, 0.6) is 0 Å². The first-order valence-electron chi connectivity index (χ1n) is 8.82. The van der Waals surface area contributed by atoms with Crippen molar-refractivity contribution in [3.8, 4) is 11.1 Å². The summed E-state index contributed by atoms with van der Waals surface area (Å²) in [5.74, 6) is 2.59. The minimum atomic E-state index is 0.271. The zero-order valence-electron chi connectivity index (χ0n) is 14.1. The molecular formula is C18H15Cl4N5. The predicted molar refractivity (Wildman–Crippen MR) is 109 cm³/mol. The normalized spacial score (nSPS) is 24.1. The van der Waals surface area contributed by atoms with Gasteiger partial charge in [0.1, 0.15) is 17.3 Å². The van der Waals surface area contributed by atoms with Crippen molar-refractivity contribution in [3.63, 3.8) is 0 Å². The molecule has 1 N–H and O–H groups in total. The van der Waals surface area contributed by atoms with E-state index in [1.54, 1.807) is 16.6 Å². The molecule has 5 rings (SSSR count). The van der Waals surface area contributed by atoms with Crippen molar-refractivity contribution in [1.82, 2.24) is 19.6 Å². The molecule has 2 saturated carbocycles. The number of benzene rings is 1. The second-order valence-electron chi connectivity index (χ2n) is 7.27. The van der Waals surface area contributed by atoms with E-state index in [0.29, 0.717) is 49.8 Å². The fourth-order valence-corrected chi connectivity index (χ4v) is 5.82. The van der Waals surface area contributed by atoms with Gasteiger partial charge in [-0.15, -0.1) is 0 Å². The van der Waals surface area contributed by atoms with E-state index in [1.807, 2.05) is 0 Å². The first-order valence-corrected chi connectivity index (χ1v) is 10.3. The van der Waals surface area contributed by atoms with Gasteiger partial charge in [0, 0.05) is 16.6 Å². The SMILES string of the molecule is Clc1cc(Cl)c(-c2c(Cl)nc3ncnn3c2NC2CC3CCC2C3)c(Cl)c1. The van der Waals surface area contributed by atoms with Crippen LogP contribution in [-0.2, 0) is 0 Å². The number of hydrogen-bond donors (Lipinski definition) is 1. The van der Waals surface area contributed by atoms with Crippen LogP contribution in [0.25, 0.3) is 16.9 Å². The molecule has 2 aromatic heterocycles. The molecule has 2 bridgehead atoms. The van der Waals surface area contributed by atoms with Gasteiger partial charge >= 0.3 is 0 Å². The number of fused-ring (bicyclic) bond motifs is 3. The predicted octanol–water partition coefficient (Wildman–Crippen LogP) is 6.01. The summed E-state index contributed by atoms with van der Waals surface area (Å²) in [5, 5.41) is 9.55. The van der Waals surface area contributed by atoms with E-state index in [4.69, 9.17) is 46.4 Å². The summed E-state index contributed by atoms with van der Waals surface area (Å²) in [4.78, 5) is 8.55. The number of rotatable bonds is 3. The minimum Gasteiger partial charge on any atom is -0.366 e. The zero-order valence-corrected chi connectivity index (χ0v) is 17.1. The molecule has 9 heteroatoms. The molecule has 3 atom stereocenters. The van der Waals surface area contributed by atoms with Crippen molar-refractivity contribution in [2.75, 3.05) is 5.32 Å². The Hall–Kier alpha value is -1.27. The summed E-state index contributed by atoms with van der Waals surface area (Å²) >= 11 is 25.6. The molecule has 2 aliphatic rings. The lowest BCUT2D eigenvalue weighted by Gasteiger charge is -2.26. The van der Waals surface area contributed by atoms with Crippen molar-refractivity contribution in [1.29, 1.82) is 0 Å². The van der Waals surface area contributed by atoms with Gasteiger partial charge in [0.15, 0.2) is 0 Å². The van der Waals surface area contributed by atoms with Crippen LogP contribution in [0, 0.1) is 11.8 Å². The first-order chi connectivity index (χ1) is 13.0. The van der Waals surface area contributed by atoms with E-state index in [1.165, 1.54) is 25.6 Å². The van der Waals surface area contributed by atoms with Crippen LogP contribution < -0.4 is 5.32 Å². The molecule has 27 heavy (non-hydrogen) atoms. The Balaban J connectivity index is 1.71. The smallest absolute Gasteiger partial charge is 0.255 e. The largest absolute Gasteiger partial charge is 0.366 e. The quantitative estimate of drug-likeness (QED) is 0.505. The van der Waals surface area contributed by atoms with Crippen LogP contribution in [0.1, 0.15) is 25.7 Å². The molecule has 0 aliphatic heterocycles. The van der Waals surface area contributed by atoms with Gasteiger partial charge in [0.05, 0.1) is 15.6 Å². The average molecular weight is 443 g/mol. The Morgan fingerprint density at radius 3 is 2.44 bits per heavy atom. The number of hydrogen-bond acceptors (Lipinski definition) is 4. The first kappa shape index (κ1) is 17.8. The Bertz CT molecular complexity index is 1030. The van der Waals surface area contributed by atoms with E-state index in [-0.39, 0.29) is 5.15 Å². The zero-order chi connectivity index (χ0) is 18.7. The van der Waals surface area contributed by atoms with Gasteiger partial charge in [-0.05, 0) is 43.2 Å². The van der Waals surface area contributed by atoms with E-state index in [9.17, 15) is 0 Å². The highest BCUT2D eigenvalue weighted by Crippen LogP contribution is 2.48. The second kappa shape index (κ2) is 6.66. The second-order valence-corrected chi connectivity index (χ2v) is 8.88. The van der Waals surface area contributed by atoms with Crippen molar-refractivity contribution < 1.29 is 0 Å². The molecule has 2 heterocycles. The minimum absolute atomic E-state index is 0.271. The number of nitrogens with zero attached hydrogens (tertiary/aromatic N) is 4. The Morgan fingerprint density at radius 1 is 1.00 bits per heavy atom. The summed E-state index contributed by atoms with van der Waals surface area (Å²) in [6.07, 6.45) is 6.44. The Morgan fingerprint density at radius 2 is 1.78 bits per heavy atom. The molecule has 3 aromatic rings. The molecule has 0 spiro atoms.